The van der Waals surface area contributed by atoms with Crippen molar-refractivity contribution >= 4 is 0 Å². The van der Waals surface area contributed by atoms with Crippen molar-refractivity contribution in [2.45, 2.75) is 19.5 Å². The van der Waals surface area contributed by atoms with Crippen molar-refractivity contribution in [3.05, 3.63) is 46.9 Å². The molecule has 13 heavy (non-hydrogen) atoms. The molecular weight excluding hydrogens is 164 g/mol. The Morgan fingerprint density at radius 1 is 1.62 bits per heavy atom. The van der Waals surface area contributed by atoms with Gasteiger partial charge in [0.15, 0.2) is 0 Å². The van der Waals surface area contributed by atoms with E-state index in [1.165, 1.54) is 0 Å². The average Bonchev–Trinajstić information content (AvgIpc) is 2.16. The minimum absolute atomic E-state index is 0.00444. The van der Waals surface area contributed by atoms with Crippen LogP contribution < -0.4 is 11.3 Å². The van der Waals surface area contributed by atoms with E-state index in [0.717, 1.165) is 12.0 Å². The summed E-state index contributed by atoms with van der Waals surface area (Å²) in [6, 6.07) is 3.44. The van der Waals surface area contributed by atoms with Gasteiger partial charge in [-0.15, -0.1) is 6.58 Å². The molecular formula is C10H14N2O. The van der Waals surface area contributed by atoms with Crippen molar-refractivity contribution < 1.29 is 0 Å². The molecule has 3 heteroatoms. The number of nitrogens with two attached hydrogens (primary N) is 1. The second-order valence-corrected chi connectivity index (χ2v) is 2.85. The van der Waals surface area contributed by atoms with Crippen LogP contribution in [0.15, 0.2) is 35.8 Å². The zero-order valence-corrected chi connectivity index (χ0v) is 7.57. The van der Waals surface area contributed by atoms with E-state index in [1.54, 1.807) is 22.9 Å². The Bertz CT molecular complexity index is 341. The summed E-state index contributed by atoms with van der Waals surface area (Å²) in [5.74, 6) is 0. The molecule has 0 spiro atoms. The molecule has 3 nitrogen and oxygen atoms in total. The SMILES string of the molecule is C=CCCn1ccc(CN)cc1=O. The van der Waals surface area contributed by atoms with Crippen LogP contribution in [-0.2, 0) is 13.1 Å². The molecule has 0 fully saturated rings. The van der Waals surface area contributed by atoms with Crippen molar-refractivity contribution in [3.8, 4) is 0 Å². The van der Waals surface area contributed by atoms with Gasteiger partial charge in [0.05, 0.1) is 0 Å². The van der Waals surface area contributed by atoms with Crippen LogP contribution in [0, 0.1) is 0 Å². The Labute approximate surface area is 77.5 Å². The quantitative estimate of drug-likeness (QED) is 0.696. The predicted octanol–water partition coefficient (Wildman–Crippen LogP) is 0.883. The molecule has 0 saturated heterocycles. The normalized spacial score (nSPS) is 9.92. The summed E-state index contributed by atoms with van der Waals surface area (Å²) >= 11 is 0. The smallest absolute Gasteiger partial charge is 0.250 e. The third-order valence-electron chi connectivity index (χ3n) is 1.87. The molecule has 2 N–H and O–H groups in total. The first-order chi connectivity index (χ1) is 6.27. The Kier molecular flexibility index (Phi) is 3.46. The Balaban J connectivity index is 2.85. The molecule has 70 valence electrons. The van der Waals surface area contributed by atoms with Gasteiger partial charge in [0, 0.05) is 25.4 Å². The van der Waals surface area contributed by atoms with Crippen molar-refractivity contribution in [2.24, 2.45) is 5.73 Å². The molecule has 0 aliphatic carbocycles. The van der Waals surface area contributed by atoms with Crippen LogP contribution in [-0.4, -0.2) is 4.57 Å². The zero-order chi connectivity index (χ0) is 9.68. The lowest BCUT2D eigenvalue weighted by Crippen LogP contribution is -2.19. The highest BCUT2D eigenvalue weighted by Gasteiger charge is 1.95. The molecule has 0 atom stereocenters. The van der Waals surface area contributed by atoms with Crippen LogP contribution in [0.1, 0.15) is 12.0 Å². The number of allylic oxidation sites excluding steroid dienone is 1. The van der Waals surface area contributed by atoms with Crippen LogP contribution in [0.4, 0.5) is 0 Å². The third-order valence-corrected chi connectivity index (χ3v) is 1.87. The third kappa shape index (κ3) is 2.56. The van der Waals surface area contributed by atoms with E-state index in [4.69, 9.17) is 5.73 Å². The minimum Gasteiger partial charge on any atom is -0.326 e. The number of rotatable bonds is 4. The molecule has 1 aromatic heterocycles. The fraction of sp³-hybridized carbons (Fsp3) is 0.300. The number of nitrogens with zero attached hydrogens (tertiary/aromatic N) is 1. The molecule has 0 aromatic carbocycles. The molecule has 0 radical (unpaired) electrons. The van der Waals surface area contributed by atoms with Crippen LogP contribution in [0.25, 0.3) is 0 Å². The lowest BCUT2D eigenvalue weighted by molar-refractivity contribution is 0.679. The van der Waals surface area contributed by atoms with E-state index in [0.29, 0.717) is 13.1 Å². The lowest BCUT2D eigenvalue weighted by atomic mass is 10.2. The van der Waals surface area contributed by atoms with Gasteiger partial charge in [-0.25, -0.2) is 0 Å². The first-order valence-electron chi connectivity index (χ1n) is 4.28. The Morgan fingerprint density at radius 3 is 2.92 bits per heavy atom. The number of aromatic nitrogens is 1. The van der Waals surface area contributed by atoms with Crippen molar-refractivity contribution in [2.75, 3.05) is 0 Å². The van der Waals surface area contributed by atoms with Crippen LogP contribution in [0.3, 0.4) is 0 Å². The number of hydrogen-bond donors (Lipinski definition) is 1. The maximum Gasteiger partial charge on any atom is 0.250 e. The van der Waals surface area contributed by atoms with E-state index in [-0.39, 0.29) is 5.56 Å². The van der Waals surface area contributed by atoms with Crippen molar-refractivity contribution in [1.82, 2.24) is 4.57 Å². The second-order valence-electron chi connectivity index (χ2n) is 2.85. The van der Waals surface area contributed by atoms with E-state index in [1.807, 2.05) is 6.07 Å². The maximum atomic E-state index is 11.4. The summed E-state index contributed by atoms with van der Waals surface area (Å²) in [4.78, 5) is 11.4. The Morgan fingerprint density at radius 2 is 2.38 bits per heavy atom. The molecule has 1 rings (SSSR count). The first-order valence-corrected chi connectivity index (χ1v) is 4.28. The van der Waals surface area contributed by atoms with Crippen LogP contribution in [0.5, 0.6) is 0 Å². The number of aryl methyl sites for hydroxylation is 1. The molecule has 0 unspecified atom stereocenters. The van der Waals surface area contributed by atoms with E-state index in [9.17, 15) is 4.79 Å². The molecule has 0 aliphatic heterocycles. The largest absolute Gasteiger partial charge is 0.326 e. The van der Waals surface area contributed by atoms with Crippen molar-refractivity contribution in [1.29, 1.82) is 0 Å². The van der Waals surface area contributed by atoms with Gasteiger partial charge in [0.25, 0.3) is 5.56 Å². The topological polar surface area (TPSA) is 48.0 Å². The fourth-order valence-corrected chi connectivity index (χ4v) is 1.09. The van der Waals surface area contributed by atoms with E-state index in [2.05, 4.69) is 6.58 Å². The van der Waals surface area contributed by atoms with Gasteiger partial charge in [-0.1, -0.05) is 6.08 Å². The average molecular weight is 178 g/mol. The summed E-state index contributed by atoms with van der Waals surface area (Å²) < 4.78 is 1.65. The van der Waals surface area contributed by atoms with Gasteiger partial charge in [0.2, 0.25) is 0 Å². The summed E-state index contributed by atoms with van der Waals surface area (Å²) in [6.07, 6.45) is 4.37. The monoisotopic (exact) mass is 178 g/mol. The lowest BCUT2D eigenvalue weighted by Gasteiger charge is -2.03. The molecule has 0 saturated carbocycles. The van der Waals surface area contributed by atoms with Gasteiger partial charge in [-0.3, -0.25) is 4.79 Å². The zero-order valence-electron chi connectivity index (χ0n) is 7.57. The van der Waals surface area contributed by atoms with Crippen LogP contribution >= 0.6 is 0 Å². The number of pyridine rings is 1. The molecule has 1 aromatic rings. The van der Waals surface area contributed by atoms with Crippen molar-refractivity contribution in [3.63, 3.8) is 0 Å². The highest BCUT2D eigenvalue weighted by atomic mass is 16.1. The minimum atomic E-state index is 0.00444. The number of hydrogen-bond acceptors (Lipinski definition) is 2. The summed E-state index contributed by atoms with van der Waals surface area (Å²) in [7, 11) is 0. The predicted molar refractivity (Wildman–Crippen MR) is 53.4 cm³/mol. The van der Waals surface area contributed by atoms with Gasteiger partial charge in [-0.05, 0) is 18.1 Å². The molecule has 0 bridgehead atoms. The first kappa shape index (κ1) is 9.74. The van der Waals surface area contributed by atoms with Gasteiger partial charge >= 0.3 is 0 Å². The second kappa shape index (κ2) is 4.62. The molecule has 0 aliphatic rings. The highest BCUT2D eigenvalue weighted by molar-refractivity contribution is 5.10. The standard InChI is InChI=1S/C10H14N2O/c1-2-3-5-12-6-4-9(8-11)7-10(12)13/h2,4,6-7H,1,3,5,8,11H2. The highest BCUT2D eigenvalue weighted by Crippen LogP contribution is 1.94. The molecule has 1 heterocycles. The van der Waals surface area contributed by atoms with Gasteiger partial charge < -0.3 is 10.3 Å². The van der Waals surface area contributed by atoms with Crippen LogP contribution in [0.2, 0.25) is 0 Å². The van der Waals surface area contributed by atoms with E-state index < -0.39 is 0 Å². The molecule has 0 amide bonds. The summed E-state index contributed by atoms with van der Waals surface area (Å²) in [5, 5.41) is 0. The summed E-state index contributed by atoms with van der Waals surface area (Å²) in [5.41, 5.74) is 6.28. The fourth-order valence-electron chi connectivity index (χ4n) is 1.09. The maximum absolute atomic E-state index is 11.4. The Hall–Kier alpha value is -1.35. The van der Waals surface area contributed by atoms with Gasteiger partial charge in [0.1, 0.15) is 0 Å². The van der Waals surface area contributed by atoms with Gasteiger partial charge in [-0.2, -0.15) is 0 Å². The summed E-state index contributed by atoms with van der Waals surface area (Å²) in [6.45, 7) is 4.71. The van der Waals surface area contributed by atoms with E-state index >= 15 is 0 Å².